The van der Waals surface area contributed by atoms with Gasteiger partial charge in [0.1, 0.15) is 0 Å². The third-order valence-electron chi connectivity index (χ3n) is 2.29. The second-order valence-corrected chi connectivity index (χ2v) is 4.34. The van der Waals surface area contributed by atoms with Gasteiger partial charge in [-0.3, -0.25) is 0 Å². The SMILES string of the molecule is CCCC(O)(C(=O)O)c1ccc(Br)cc1. The van der Waals surface area contributed by atoms with Crippen LogP contribution in [0.25, 0.3) is 0 Å². The van der Waals surface area contributed by atoms with Crippen LogP contribution < -0.4 is 0 Å². The summed E-state index contributed by atoms with van der Waals surface area (Å²) in [6.07, 6.45) is 0.822. The van der Waals surface area contributed by atoms with Gasteiger partial charge in [0.2, 0.25) is 0 Å². The highest BCUT2D eigenvalue weighted by Gasteiger charge is 2.36. The highest BCUT2D eigenvalue weighted by atomic mass is 79.9. The summed E-state index contributed by atoms with van der Waals surface area (Å²) in [5.74, 6) is -1.20. The van der Waals surface area contributed by atoms with Crippen molar-refractivity contribution >= 4 is 21.9 Å². The van der Waals surface area contributed by atoms with Gasteiger partial charge in [0.25, 0.3) is 0 Å². The van der Waals surface area contributed by atoms with E-state index >= 15 is 0 Å². The van der Waals surface area contributed by atoms with Gasteiger partial charge in [-0.2, -0.15) is 0 Å². The average Bonchev–Trinajstić information content (AvgIpc) is 2.18. The first-order valence-corrected chi connectivity index (χ1v) is 5.52. The Morgan fingerprint density at radius 3 is 2.33 bits per heavy atom. The molecule has 0 amide bonds. The molecule has 0 heterocycles. The largest absolute Gasteiger partial charge is 0.479 e. The zero-order chi connectivity index (χ0) is 11.5. The van der Waals surface area contributed by atoms with E-state index in [1.54, 1.807) is 24.3 Å². The number of aliphatic hydroxyl groups is 1. The van der Waals surface area contributed by atoms with Gasteiger partial charge in [-0.1, -0.05) is 41.4 Å². The Bertz CT molecular complexity index is 347. The lowest BCUT2D eigenvalue weighted by Crippen LogP contribution is -2.35. The molecule has 0 bridgehead atoms. The van der Waals surface area contributed by atoms with Gasteiger partial charge in [0.05, 0.1) is 0 Å². The molecule has 0 radical (unpaired) electrons. The first-order chi connectivity index (χ1) is 7.00. The summed E-state index contributed by atoms with van der Waals surface area (Å²) < 4.78 is 0.857. The van der Waals surface area contributed by atoms with E-state index in [1.807, 2.05) is 6.92 Å². The fourth-order valence-corrected chi connectivity index (χ4v) is 1.73. The Morgan fingerprint density at radius 2 is 1.93 bits per heavy atom. The average molecular weight is 273 g/mol. The maximum atomic E-state index is 11.0. The molecule has 15 heavy (non-hydrogen) atoms. The van der Waals surface area contributed by atoms with Crippen molar-refractivity contribution in [1.29, 1.82) is 0 Å². The second kappa shape index (κ2) is 4.77. The van der Waals surface area contributed by atoms with Crippen LogP contribution in [-0.4, -0.2) is 16.2 Å². The van der Waals surface area contributed by atoms with Crippen LogP contribution in [0.5, 0.6) is 0 Å². The monoisotopic (exact) mass is 272 g/mol. The molecule has 2 N–H and O–H groups in total. The van der Waals surface area contributed by atoms with Crippen molar-refractivity contribution in [2.75, 3.05) is 0 Å². The van der Waals surface area contributed by atoms with Gasteiger partial charge in [-0.05, 0) is 24.1 Å². The summed E-state index contributed by atoms with van der Waals surface area (Å²) in [6, 6.07) is 6.68. The number of benzene rings is 1. The highest BCUT2D eigenvalue weighted by molar-refractivity contribution is 9.10. The van der Waals surface area contributed by atoms with Crippen molar-refractivity contribution in [2.24, 2.45) is 0 Å². The topological polar surface area (TPSA) is 57.5 Å². The lowest BCUT2D eigenvalue weighted by molar-refractivity contribution is -0.160. The summed E-state index contributed by atoms with van der Waals surface area (Å²) in [7, 11) is 0. The molecule has 0 spiro atoms. The van der Waals surface area contributed by atoms with Crippen LogP contribution in [0.2, 0.25) is 0 Å². The molecular formula is C11H13BrO3. The van der Waals surface area contributed by atoms with Crippen molar-refractivity contribution in [2.45, 2.75) is 25.4 Å². The number of hydrogen-bond donors (Lipinski definition) is 2. The van der Waals surface area contributed by atoms with Gasteiger partial charge in [0, 0.05) is 4.47 Å². The van der Waals surface area contributed by atoms with Gasteiger partial charge >= 0.3 is 5.97 Å². The van der Waals surface area contributed by atoms with E-state index in [1.165, 1.54) is 0 Å². The quantitative estimate of drug-likeness (QED) is 0.886. The van der Waals surface area contributed by atoms with Crippen molar-refractivity contribution in [3.8, 4) is 0 Å². The molecule has 0 saturated carbocycles. The molecule has 0 aromatic heterocycles. The van der Waals surface area contributed by atoms with Crippen LogP contribution >= 0.6 is 15.9 Å². The molecule has 1 aromatic rings. The minimum absolute atomic E-state index is 0.212. The van der Waals surface area contributed by atoms with Crippen LogP contribution in [0.3, 0.4) is 0 Å². The number of hydrogen-bond acceptors (Lipinski definition) is 2. The predicted octanol–water partition coefficient (Wildman–Crippen LogP) is 2.52. The Kier molecular flexibility index (Phi) is 3.88. The first-order valence-electron chi connectivity index (χ1n) is 4.72. The molecule has 0 aliphatic heterocycles. The van der Waals surface area contributed by atoms with E-state index in [9.17, 15) is 9.90 Å². The first kappa shape index (κ1) is 12.2. The molecule has 82 valence electrons. The predicted molar refractivity (Wildman–Crippen MR) is 60.6 cm³/mol. The zero-order valence-electron chi connectivity index (χ0n) is 8.40. The number of carboxylic acids is 1. The lowest BCUT2D eigenvalue weighted by atomic mass is 9.89. The molecule has 4 heteroatoms. The molecule has 1 aromatic carbocycles. The van der Waals surface area contributed by atoms with E-state index in [-0.39, 0.29) is 6.42 Å². The Balaban J connectivity index is 3.09. The van der Waals surface area contributed by atoms with Gasteiger partial charge in [0.15, 0.2) is 5.60 Å². The number of carbonyl (C=O) groups is 1. The number of halogens is 1. The number of carboxylic acid groups (broad SMARTS) is 1. The van der Waals surface area contributed by atoms with Crippen molar-refractivity contribution in [1.82, 2.24) is 0 Å². The van der Waals surface area contributed by atoms with Gasteiger partial charge in [-0.15, -0.1) is 0 Å². The summed E-state index contributed by atoms with van der Waals surface area (Å²) in [4.78, 5) is 11.0. The number of aliphatic carboxylic acids is 1. The summed E-state index contributed by atoms with van der Waals surface area (Å²) >= 11 is 3.26. The van der Waals surface area contributed by atoms with E-state index in [2.05, 4.69) is 15.9 Å². The maximum Gasteiger partial charge on any atom is 0.340 e. The summed E-state index contributed by atoms with van der Waals surface area (Å²) in [5, 5.41) is 19.1. The fourth-order valence-electron chi connectivity index (χ4n) is 1.46. The van der Waals surface area contributed by atoms with Gasteiger partial charge < -0.3 is 10.2 Å². The molecular weight excluding hydrogens is 260 g/mol. The summed E-state index contributed by atoms with van der Waals surface area (Å²) in [5.41, 5.74) is -1.35. The Morgan fingerprint density at radius 1 is 1.40 bits per heavy atom. The third-order valence-corrected chi connectivity index (χ3v) is 2.82. The molecule has 0 aliphatic rings. The molecule has 1 rings (SSSR count). The fraction of sp³-hybridized carbons (Fsp3) is 0.364. The Hall–Kier alpha value is -0.870. The maximum absolute atomic E-state index is 11.0. The smallest absolute Gasteiger partial charge is 0.340 e. The van der Waals surface area contributed by atoms with E-state index in [0.717, 1.165) is 4.47 Å². The Labute approximate surface area is 96.9 Å². The van der Waals surface area contributed by atoms with Crippen LogP contribution in [0.1, 0.15) is 25.3 Å². The minimum Gasteiger partial charge on any atom is -0.479 e. The molecule has 3 nitrogen and oxygen atoms in total. The standard InChI is InChI=1S/C11H13BrO3/c1-2-7-11(15,10(13)14)8-3-5-9(12)6-4-8/h3-6,15H,2,7H2,1H3,(H,13,14). The lowest BCUT2D eigenvalue weighted by Gasteiger charge is -2.23. The van der Waals surface area contributed by atoms with E-state index in [4.69, 9.17) is 5.11 Å². The van der Waals surface area contributed by atoms with E-state index in [0.29, 0.717) is 12.0 Å². The van der Waals surface area contributed by atoms with Crippen LogP contribution in [-0.2, 0) is 10.4 Å². The van der Waals surface area contributed by atoms with Crippen molar-refractivity contribution in [3.63, 3.8) is 0 Å². The molecule has 0 saturated heterocycles. The zero-order valence-corrected chi connectivity index (χ0v) is 9.99. The number of rotatable bonds is 4. The van der Waals surface area contributed by atoms with Crippen LogP contribution in [0.4, 0.5) is 0 Å². The minimum atomic E-state index is -1.77. The van der Waals surface area contributed by atoms with Crippen LogP contribution in [0, 0.1) is 0 Å². The van der Waals surface area contributed by atoms with Crippen LogP contribution in [0.15, 0.2) is 28.7 Å². The normalized spacial score (nSPS) is 14.6. The van der Waals surface area contributed by atoms with Gasteiger partial charge in [-0.25, -0.2) is 4.79 Å². The third kappa shape index (κ3) is 2.58. The summed E-state index contributed by atoms with van der Waals surface area (Å²) in [6.45, 7) is 1.84. The van der Waals surface area contributed by atoms with Crippen molar-refractivity contribution in [3.05, 3.63) is 34.3 Å². The molecule has 1 atom stereocenters. The molecule has 0 aliphatic carbocycles. The second-order valence-electron chi connectivity index (χ2n) is 3.42. The van der Waals surface area contributed by atoms with Crippen molar-refractivity contribution < 1.29 is 15.0 Å². The van der Waals surface area contributed by atoms with E-state index < -0.39 is 11.6 Å². The molecule has 1 unspecified atom stereocenters. The molecule has 0 fully saturated rings. The highest BCUT2D eigenvalue weighted by Crippen LogP contribution is 2.27.